The number of aliphatic hydroxyl groups is 3. The smallest absolute Gasteiger partial charge is 0.335 e. The van der Waals surface area contributed by atoms with Gasteiger partial charge in [0.1, 0.15) is 0 Å². The molecule has 0 spiro atoms. The highest BCUT2D eigenvalue weighted by Gasteiger charge is 2.36. The second-order valence-corrected chi connectivity index (χ2v) is 7.05. The van der Waals surface area contributed by atoms with E-state index in [2.05, 4.69) is 33.8 Å². The first-order valence-corrected chi connectivity index (χ1v) is 8.71. The maximum Gasteiger partial charge on any atom is 0.335 e. The second-order valence-electron chi connectivity index (χ2n) is 7.05. The van der Waals surface area contributed by atoms with E-state index in [1.807, 2.05) is 0 Å². The highest BCUT2D eigenvalue weighted by molar-refractivity contribution is 5.72. The van der Waals surface area contributed by atoms with Crippen molar-refractivity contribution in [3.63, 3.8) is 0 Å². The summed E-state index contributed by atoms with van der Waals surface area (Å²) in [6.07, 6.45) is 0.790. The Hall–Kier alpha value is -0.910. The van der Waals surface area contributed by atoms with E-state index < -0.39 is 24.3 Å². The summed E-state index contributed by atoms with van der Waals surface area (Å²) in [6.45, 7) is 8.63. The quantitative estimate of drug-likeness (QED) is 0.486. The number of carboxylic acid groups (broad SMARTS) is 1. The summed E-state index contributed by atoms with van der Waals surface area (Å²) < 4.78 is 0. The highest BCUT2D eigenvalue weighted by Crippen LogP contribution is 2.42. The van der Waals surface area contributed by atoms with Gasteiger partial charge in [-0.05, 0) is 35.7 Å². The van der Waals surface area contributed by atoms with E-state index in [4.69, 9.17) is 5.11 Å². The van der Waals surface area contributed by atoms with Crippen molar-refractivity contribution < 1.29 is 25.2 Å². The number of carboxylic acids is 1. The summed E-state index contributed by atoms with van der Waals surface area (Å²) in [6, 6.07) is 0. The summed E-state index contributed by atoms with van der Waals surface area (Å²) in [5, 5.41) is 38.5. The van der Waals surface area contributed by atoms with E-state index in [-0.39, 0.29) is 12.3 Å². The van der Waals surface area contributed by atoms with Crippen LogP contribution in [0.5, 0.6) is 0 Å². The molecule has 1 aliphatic rings. The molecular weight excluding hydrogens is 296 g/mol. The van der Waals surface area contributed by atoms with Crippen molar-refractivity contribution in [3.05, 3.63) is 11.6 Å². The number of rotatable bonds is 9. The third-order valence-electron chi connectivity index (χ3n) is 5.53. The molecule has 5 heteroatoms. The molecule has 0 radical (unpaired) electrons. The van der Waals surface area contributed by atoms with E-state index in [9.17, 15) is 20.1 Å². The van der Waals surface area contributed by atoms with Gasteiger partial charge < -0.3 is 20.4 Å². The predicted molar refractivity (Wildman–Crippen MR) is 88.9 cm³/mol. The fraction of sp³-hybridized carbons (Fsp3) is 0.833. The van der Waals surface area contributed by atoms with Crippen LogP contribution in [0.2, 0.25) is 0 Å². The van der Waals surface area contributed by atoms with Crippen molar-refractivity contribution in [1.82, 2.24) is 0 Å². The zero-order chi connectivity index (χ0) is 17.7. The number of aliphatic carboxylic acids is 1. The fourth-order valence-corrected chi connectivity index (χ4v) is 3.43. The van der Waals surface area contributed by atoms with Gasteiger partial charge in [0.25, 0.3) is 0 Å². The maximum atomic E-state index is 10.7. The molecule has 1 rings (SSSR count). The molecule has 0 amide bonds. The molecule has 0 saturated heterocycles. The second kappa shape index (κ2) is 8.81. The van der Waals surface area contributed by atoms with Crippen LogP contribution in [-0.2, 0) is 4.79 Å². The molecule has 4 N–H and O–H groups in total. The predicted octanol–water partition coefficient (Wildman–Crippen LogP) is 2.20. The average Bonchev–Trinajstić information content (AvgIpc) is 2.97. The van der Waals surface area contributed by atoms with Gasteiger partial charge in [0.2, 0.25) is 0 Å². The van der Waals surface area contributed by atoms with Crippen molar-refractivity contribution in [1.29, 1.82) is 0 Å². The molecular formula is C18H32O5. The molecule has 23 heavy (non-hydrogen) atoms. The summed E-state index contributed by atoms with van der Waals surface area (Å²) in [5.74, 6) is 0.140. The Bertz CT molecular complexity index is 420. The van der Waals surface area contributed by atoms with E-state index >= 15 is 0 Å². The zero-order valence-corrected chi connectivity index (χ0v) is 14.6. The Kier molecular flexibility index (Phi) is 7.71. The monoisotopic (exact) mass is 328 g/mol. The minimum absolute atomic E-state index is 0.153. The molecule has 1 aliphatic carbocycles. The summed E-state index contributed by atoms with van der Waals surface area (Å²) in [7, 11) is 0. The minimum Gasteiger partial charge on any atom is -0.479 e. The van der Waals surface area contributed by atoms with Gasteiger partial charge in [-0.15, -0.1) is 0 Å². The molecule has 0 aromatic heterocycles. The lowest BCUT2D eigenvalue weighted by Gasteiger charge is -2.27. The first-order chi connectivity index (χ1) is 10.7. The molecule has 0 fully saturated rings. The number of allylic oxidation sites excluding steroid dienone is 1. The Balaban J connectivity index is 2.87. The van der Waals surface area contributed by atoms with Gasteiger partial charge >= 0.3 is 5.97 Å². The largest absolute Gasteiger partial charge is 0.479 e. The van der Waals surface area contributed by atoms with Crippen LogP contribution in [0, 0.1) is 23.7 Å². The van der Waals surface area contributed by atoms with Crippen LogP contribution in [0.4, 0.5) is 0 Å². The molecule has 0 aromatic rings. The number of hydrogen-bond donors (Lipinski definition) is 4. The fourth-order valence-electron chi connectivity index (χ4n) is 3.43. The van der Waals surface area contributed by atoms with Gasteiger partial charge in [0.05, 0.1) is 12.2 Å². The minimum atomic E-state index is -1.86. The molecule has 0 aliphatic heterocycles. The first kappa shape index (κ1) is 20.1. The molecule has 7 unspecified atom stereocenters. The number of carbonyl (C=O) groups is 1. The molecule has 0 bridgehead atoms. The van der Waals surface area contributed by atoms with Crippen molar-refractivity contribution in [2.24, 2.45) is 23.7 Å². The van der Waals surface area contributed by atoms with E-state index in [1.165, 1.54) is 0 Å². The van der Waals surface area contributed by atoms with Crippen LogP contribution in [0.15, 0.2) is 11.6 Å². The van der Waals surface area contributed by atoms with Crippen molar-refractivity contribution in [2.75, 3.05) is 0 Å². The zero-order valence-electron chi connectivity index (χ0n) is 14.6. The van der Waals surface area contributed by atoms with Gasteiger partial charge in [-0.3, -0.25) is 0 Å². The summed E-state index contributed by atoms with van der Waals surface area (Å²) in [4.78, 5) is 10.7. The molecule has 5 nitrogen and oxygen atoms in total. The lowest BCUT2D eigenvalue weighted by molar-refractivity contribution is -0.153. The number of aliphatic hydroxyl groups excluding tert-OH is 3. The van der Waals surface area contributed by atoms with E-state index in [0.717, 1.165) is 24.8 Å². The number of hydrogen-bond acceptors (Lipinski definition) is 4. The van der Waals surface area contributed by atoms with E-state index in [1.54, 1.807) is 0 Å². The average molecular weight is 328 g/mol. The lowest BCUT2D eigenvalue weighted by atomic mass is 9.81. The van der Waals surface area contributed by atoms with Gasteiger partial charge in [-0.2, -0.15) is 0 Å². The highest BCUT2D eigenvalue weighted by atomic mass is 16.4. The lowest BCUT2D eigenvalue weighted by Crippen LogP contribution is -2.37. The standard InChI is InChI=1S/C18H32O5/c1-5-10(3)12-7-13(11(4)6-2)14(8-12)15(19)9-16(20)17(21)18(22)23/h8,10-13,15-17,19-21H,5-7,9H2,1-4H3,(H,22,23). The van der Waals surface area contributed by atoms with Crippen LogP contribution in [-0.4, -0.2) is 44.7 Å². The van der Waals surface area contributed by atoms with Crippen LogP contribution >= 0.6 is 0 Å². The van der Waals surface area contributed by atoms with Crippen LogP contribution < -0.4 is 0 Å². The molecule has 7 atom stereocenters. The summed E-state index contributed by atoms with van der Waals surface area (Å²) >= 11 is 0. The van der Waals surface area contributed by atoms with Gasteiger partial charge in [-0.25, -0.2) is 4.79 Å². The Morgan fingerprint density at radius 1 is 1.17 bits per heavy atom. The molecule has 0 heterocycles. The summed E-state index contributed by atoms with van der Waals surface area (Å²) in [5.41, 5.74) is 0.904. The van der Waals surface area contributed by atoms with Crippen LogP contribution in [0.3, 0.4) is 0 Å². The third-order valence-corrected chi connectivity index (χ3v) is 5.53. The van der Waals surface area contributed by atoms with Gasteiger partial charge in [-0.1, -0.05) is 46.6 Å². The van der Waals surface area contributed by atoms with Crippen LogP contribution in [0.1, 0.15) is 53.4 Å². The Morgan fingerprint density at radius 3 is 2.22 bits per heavy atom. The van der Waals surface area contributed by atoms with E-state index in [0.29, 0.717) is 17.8 Å². The first-order valence-electron chi connectivity index (χ1n) is 8.71. The topological polar surface area (TPSA) is 98.0 Å². The maximum absolute atomic E-state index is 10.7. The van der Waals surface area contributed by atoms with Crippen LogP contribution in [0.25, 0.3) is 0 Å². The SMILES string of the molecule is CCC(C)C1C=C(C(O)CC(O)C(O)C(=O)O)C(C(C)CC)C1. The normalized spacial score (nSPS) is 27.9. The third kappa shape index (κ3) is 5.03. The molecule has 0 saturated carbocycles. The van der Waals surface area contributed by atoms with Gasteiger partial charge in [0.15, 0.2) is 6.10 Å². The molecule has 134 valence electrons. The van der Waals surface area contributed by atoms with Gasteiger partial charge in [0, 0.05) is 6.42 Å². The Labute approximate surface area is 139 Å². The van der Waals surface area contributed by atoms with Crippen molar-refractivity contribution in [3.8, 4) is 0 Å². The van der Waals surface area contributed by atoms with Crippen molar-refractivity contribution >= 4 is 5.97 Å². The molecule has 0 aromatic carbocycles. The Morgan fingerprint density at radius 2 is 1.74 bits per heavy atom. The van der Waals surface area contributed by atoms with Crippen molar-refractivity contribution in [2.45, 2.75) is 71.7 Å².